The van der Waals surface area contributed by atoms with E-state index in [0.29, 0.717) is 28.6 Å². The Morgan fingerprint density at radius 1 is 1.23 bits per heavy atom. The first-order valence-electron chi connectivity index (χ1n) is 9.79. The minimum atomic E-state index is -0.121. The van der Waals surface area contributed by atoms with Crippen LogP contribution in [0.3, 0.4) is 0 Å². The topological polar surface area (TPSA) is 58.6 Å². The summed E-state index contributed by atoms with van der Waals surface area (Å²) in [7, 11) is 1.61. The average Bonchev–Trinajstić information content (AvgIpc) is 3.01. The van der Waals surface area contributed by atoms with Gasteiger partial charge in [0.25, 0.3) is 5.91 Å². The van der Waals surface area contributed by atoms with Crippen LogP contribution in [0.5, 0.6) is 5.75 Å². The number of amides is 2. The van der Waals surface area contributed by atoms with Gasteiger partial charge < -0.3 is 10.1 Å². The Labute approximate surface area is 186 Å². The summed E-state index contributed by atoms with van der Waals surface area (Å²) in [5.74, 6) is 0.549. The Balaban J connectivity index is 1.55. The highest BCUT2D eigenvalue weighted by Gasteiger charge is 2.31. The zero-order valence-corrected chi connectivity index (χ0v) is 18.6. The van der Waals surface area contributed by atoms with E-state index in [1.54, 1.807) is 12.0 Å². The van der Waals surface area contributed by atoms with Crippen molar-refractivity contribution in [1.29, 1.82) is 0 Å². The fraction of sp³-hybridized carbons (Fsp3) is 0.261. The van der Waals surface area contributed by atoms with E-state index in [9.17, 15) is 9.59 Å². The monoisotopic (exact) mass is 440 g/mol. The second kappa shape index (κ2) is 10.4. The highest BCUT2D eigenvalue weighted by molar-refractivity contribution is 8.26. The summed E-state index contributed by atoms with van der Waals surface area (Å²) in [5.41, 5.74) is 2.83. The summed E-state index contributed by atoms with van der Waals surface area (Å²) in [6, 6.07) is 15.3. The molecular formula is C23H24N2O3S2. The maximum Gasteiger partial charge on any atom is 0.266 e. The van der Waals surface area contributed by atoms with Crippen LogP contribution in [-0.2, 0) is 16.0 Å². The van der Waals surface area contributed by atoms with Crippen molar-refractivity contribution in [3.8, 4) is 5.75 Å². The molecule has 5 nitrogen and oxygen atoms in total. The van der Waals surface area contributed by atoms with Crippen molar-refractivity contribution in [2.45, 2.75) is 26.2 Å². The number of carbonyl (C=O) groups is 2. The normalized spacial score (nSPS) is 15.0. The number of methoxy groups -OCH3 is 1. The molecular weight excluding hydrogens is 416 g/mol. The number of nitrogens with zero attached hydrogens (tertiary/aromatic N) is 1. The molecule has 156 valence electrons. The third kappa shape index (κ3) is 5.49. The van der Waals surface area contributed by atoms with Crippen molar-refractivity contribution in [2.24, 2.45) is 0 Å². The van der Waals surface area contributed by atoms with Gasteiger partial charge in [-0.15, -0.1) is 0 Å². The Kier molecular flexibility index (Phi) is 7.65. The van der Waals surface area contributed by atoms with Crippen LogP contribution in [0.4, 0.5) is 5.69 Å². The minimum Gasteiger partial charge on any atom is -0.497 e. The van der Waals surface area contributed by atoms with Gasteiger partial charge in [-0.2, -0.15) is 0 Å². The molecule has 1 heterocycles. The number of carbonyl (C=O) groups excluding carboxylic acids is 2. The lowest BCUT2D eigenvalue weighted by molar-refractivity contribution is -0.122. The van der Waals surface area contributed by atoms with Gasteiger partial charge in [-0.1, -0.05) is 61.2 Å². The summed E-state index contributed by atoms with van der Waals surface area (Å²) >= 11 is 6.66. The summed E-state index contributed by atoms with van der Waals surface area (Å²) in [4.78, 5) is 27.2. The van der Waals surface area contributed by atoms with Crippen LogP contribution in [0, 0.1) is 0 Å². The van der Waals surface area contributed by atoms with Crippen LogP contribution in [0.1, 0.15) is 30.9 Å². The number of rotatable bonds is 8. The van der Waals surface area contributed by atoms with Crippen LogP contribution in [-0.4, -0.2) is 34.7 Å². The van der Waals surface area contributed by atoms with Crippen molar-refractivity contribution >= 4 is 51.9 Å². The SMILES string of the molecule is CCc1ccccc1NC(=O)CCCN1C(=O)C(=Cc2cccc(OC)c2)SC1=S. The predicted octanol–water partition coefficient (Wildman–Crippen LogP) is 4.88. The quantitative estimate of drug-likeness (QED) is 0.468. The van der Waals surface area contributed by atoms with E-state index < -0.39 is 0 Å². The number of hydrogen-bond donors (Lipinski definition) is 1. The van der Waals surface area contributed by atoms with Crippen molar-refractivity contribution in [3.63, 3.8) is 0 Å². The molecule has 0 radical (unpaired) electrons. The van der Waals surface area contributed by atoms with E-state index in [2.05, 4.69) is 12.2 Å². The molecule has 1 aliphatic heterocycles. The fourth-order valence-electron chi connectivity index (χ4n) is 3.14. The van der Waals surface area contributed by atoms with Crippen LogP contribution >= 0.6 is 24.0 Å². The molecule has 0 saturated carbocycles. The second-order valence-electron chi connectivity index (χ2n) is 6.77. The Morgan fingerprint density at radius 2 is 2.03 bits per heavy atom. The lowest BCUT2D eigenvalue weighted by Gasteiger charge is -2.14. The molecule has 1 aliphatic rings. The number of benzene rings is 2. The smallest absolute Gasteiger partial charge is 0.266 e. The standard InChI is InChI=1S/C23H24N2O3S2/c1-3-17-9-4-5-11-19(17)24-21(26)12-7-13-25-22(27)20(30-23(25)29)15-16-8-6-10-18(14-16)28-2/h4-6,8-11,14-15H,3,7,12-13H2,1-2H3,(H,24,26). The summed E-state index contributed by atoms with van der Waals surface area (Å²) in [6.45, 7) is 2.47. The molecule has 0 bridgehead atoms. The van der Waals surface area contributed by atoms with Crippen LogP contribution in [0.25, 0.3) is 6.08 Å². The molecule has 1 saturated heterocycles. The number of hydrogen-bond acceptors (Lipinski definition) is 5. The minimum absolute atomic E-state index is 0.0618. The molecule has 2 aromatic rings. The van der Waals surface area contributed by atoms with Gasteiger partial charge in [-0.25, -0.2) is 0 Å². The van der Waals surface area contributed by atoms with E-state index in [1.807, 2.05) is 54.6 Å². The van der Waals surface area contributed by atoms with Gasteiger partial charge >= 0.3 is 0 Å². The average molecular weight is 441 g/mol. The molecule has 30 heavy (non-hydrogen) atoms. The zero-order valence-electron chi connectivity index (χ0n) is 17.0. The molecule has 1 fully saturated rings. The molecule has 0 spiro atoms. The summed E-state index contributed by atoms with van der Waals surface area (Å²) < 4.78 is 5.75. The molecule has 0 atom stereocenters. The molecule has 2 aromatic carbocycles. The predicted molar refractivity (Wildman–Crippen MR) is 127 cm³/mol. The largest absolute Gasteiger partial charge is 0.497 e. The molecule has 0 aliphatic carbocycles. The maximum absolute atomic E-state index is 12.7. The van der Waals surface area contributed by atoms with Crippen molar-refractivity contribution in [2.75, 3.05) is 19.0 Å². The number of thiocarbonyl (C=S) groups is 1. The van der Waals surface area contributed by atoms with E-state index in [0.717, 1.165) is 29.0 Å². The Morgan fingerprint density at radius 3 is 2.80 bits per heavy atom. The van der Waals surface area contributed by atoms with Gasteiger partial charge in [0.2, 0.25) is 5.91 Å². The van der Waals surface area contributed by atoms with Crippen molar-refractivity contribution in [3.05, 3.63) is 64.6 Å². The zero-order chi connectivity index (χ0) is 21.5. The van der Waals surface area contributed by atoms with Crippen LogP contribution in [0.2, 0.25) is 0 Å². The molecule has 0 aromatic heterocycles. The third-order valence-corrected chi connectivity index (χ3v) is 6.10. The van der Waals surface area contributed by atoms with E-state index in [1.165, 1.54) is 11.8 Å². The second-order valence-corrected chi connectivity index (χ2v) is 8.45. The Hall–Kier alpha value is -2.64. The van der Waals surface area contributed by atoms with E-state index >= 15 is 0 Å². The summed E-state index contributed by atoms with van der Waals surface area (Å²) in [6.07, 6.45) is 3.53. The van der Waals surface area contributed by atoms with Gasteiger partial charge in [-0.3, -0.25) is 14.5 Å². The third-order valence-electron chi connectivity index (χ3n) is 4.72. The first kappa shape index (κ1) is 22.1. The number of nitrogens with one attached hydrogen (secondary N) is 1. The van der Waals surface area contributed by atoms with Gasteiger partial charge in [0.05, 0.1) is 12.0 Å². The molecule has 2 amide bonds. The van der Waals surface area contributed by atoms with Gasteiger partial charge in [-0.05, 0) is 48.2 Å². The lowest BCUT2D eigenvalue weighted by atomic mass is 10.1. The van der Waals surface area contributed by atoms with Gasteiger partial charge in [0.1, 0.15) is 10.1 Å². The van der Waals surface area contributed by atoms with Crippen LogP contribution in [0.15, 0.2) is 53.4 Å². The lowest BCUT2D eigenvalue weighted by Crippen LogP contribution is -2.29. The molecule has 3 rings (SSSR count). The number of anilines is 1. The Bertz CT molecular complexity index is 988. The molecule has 0 unspecified atom stereocenters. The fourth-order valence-corrected chi connectivity index (χ4v) is 4.45. The molecule has 1 N–H and O–H groups in total. The van der Waals surface area contributed by atoms with Gasteiger partial charge in [0, 0.05) is 18.7 Å². The highest BCUT2D eigenvalue weighted by atomic mass is 32.2. The summed E-state index contributed by atoms with van der Waals surface area (Å²) in [5, 5.41) is 2.96. The number of thioether (sulfide) groups is 1. The van der Waals surface area contributed by atoms with E-state index in [-0.39, 0.29) is 11.8 Å². The highest BCUT2D eigenvalue weighted by Crippen LogP contribution is 2.33. The van der Waals surface area contributed by atoms with Gasteiger partial charge in [0.15, 0.2) is 0 Å². The molecule has 7 heteroatoms. The van der Waals surface area contributed by atoms with Crippen molar-refractivity contribution < 1.29 is 14.3 Å². The number of para-hydroxylation sites is 1. The van der Waals surface area contributed by atoms with Crippen molar-refractivity contribution in [1.82, 2.24) is 4.90 Å². The maximum atomic E-state index is 12.7. The number of ether oxygens (including phenoxy) is 1. The first-order chi connectivity index (χ1) is 14.5. The first-order valence-corrected chi connectivity index (χ1v) is 11.0. The van der Waals surface area contributed by atoms with Crippen LogP contribution < -0.4 is 10.1 Å². The number of aryl methyl sites for hydroxylation is 1. The van der Waals surface area contributed by atoms with E-state index in [4.69, 9.17) is 17.0 Å².